The van der Waals surface area contributed by atoms with E-state index >= 15 is 0 Å². The summed E-state index contributed by atoms with van der Waals surface area (Å²) in [7, 11) is 1.52. The van der Waals surface area contributed by atoms with E-state index in [2.05, 4.69) is 10.1 Å². The lowest BCUT2D eigenvalue weighted by Crippen LogP contribution is -2.15. The second kappa shape index (κ2) is 5.00. The Kier molecular flexibility index (Phi) is 3.41. The summed E-state index contributed by atoms with van der Waals surface area (Å²) in [5.41, 5.74) is 0.824. The van der Waals surface area contributed by atoms with E-state index in [1.807, 2.05) is 13.8 Å². The minimum Gasteiger partial charge on any atom is -0.493 e. The van der Waals surface area contributed by atoms with E-state index in [0.717, 1.165) is 0 Å². The van der Waals surface area contributed by atoms with Gasteiger partial charge in [0.05, 0.1) is 13.3 Å². The Balaban J connectivity index is 2.50. The Bertz CT molecular complexity index is 547. The van der Waals surface area contributed by atoms with Gasteiger partial charge in [0.2, 0.25) is 5.78 Å². The summed E-state index contributed by atoms with van der Waals surface area (Å²) < 4.78 is 6.84. The van der Waals surface area contributed by atoms with Crippen molar-refractivity contribution in [2.75, 3.05) is 7.11 Å². The minimum absolute atomic E-state index is 0.0802. The number of hydrogen-bond acceptors (Lipinski definition) is 4. The smallest absolute Gasteiger partial charge is 0.233 e. The fraction of sp³-hybridized carbons (Fsp3) is 0.308. The standard InChI is InChI=1S/C13H15N3O2/c1-9(2)16-12(11(18-3)8-15-16)13(17)10-6-4-5-7-14-10/h4-9H,1-3H3. The monoisotopic (exact) mass is 245 g/mol. The lowest BCUT2D eigenvalue weighted by atomic mass is 10.1. The second-order valence-electron chi connectivity index (χ2n) is 4.14. The third kappa shape index (κ3) is 2.11. The van der Waals surface area contributed by atoms with E-state index in [9.17, 15) is 4.79 Å². The molecule has 0 aliphatic heterocycles. The molecule has 0 aliphatic rings. The van der Waals surface area contributed by atoms with Crippen LogP contribution in [-0.4, -0.2) is 27.7 Å². The lowest BCUT2D eigenvalue weighted by Gasteiger charge is -2.10. The molecule has 0 aromatic carbocycles. The number of pyridine rings is 1. The highest BCUT2D eigenvalue weighted by Gasteiger charge is 2.22. The number of carbonyl (C=O) groups is 1. The summed E-state index contributed by atoms with van der Waals surface area (Å²) >= 11 is 0. The van der Waals surface area contributed by atoms with Crippen molar-refractivity contribution in [3.63, 3.8) is 0 Å². The van der Waals surface area contributed by atoms with E-state index in [1.165, 1.54) is 7.11 Å². The molecule has 2 aromatic rings. The molecule has 0 bridgehead atoms. The average molecular weight is 245 g/mol. The average Bonchev–Trinajstić information content (AvgIpc) is 2.82. The number of carbonyl (C=O) groups excluding carboxylic acids is 1. The van der Waals surface area contributed by atoms with Crippen LogP contribution in [0, 0.1) is 0 Å². The molecule has 0 saturated heterocycles. The highest BCUT2D eigenvalue weighted by molar-refractivity contribution is 6.08. The van der Waals surface area contributed by atoms with E-state index in [0.29, 0.717) is 17.1 Å². The van der Waals surface area contributed by atoms with E-state index < -0.39 is 0 Å². The molecular weight excluding hydrogens is 230 g/mol. The largest absolute Gasteiger partial charge is 0.493 e. The van der Waals surface area contributed by atoms with Crippen LogP contribution in [0.15, 0.2) is 30.6 Å². The first-order valence-electron chi connectivity index (χ1n) is 5.72. The van der Waals surface area contributed by atoms with Gasteiger partial charge in [0.1, 0.15) is 5.69 Å². The summed E-state index contributed by atoms with van der Waals surface area (Å²) in [5.74, 6) is 0.290. The zero-order valence-electron chi connectivity index (χ0n) is 10.6. The molecule has 5 heteroatoms. The van der Waals surface area contributed by atoms with Gasteiger partial charge in [-0.3, -0.25) is 14.5 Å². The van der Waals surface area contributed by atoms with Gasteiger partial charge in [-0.05, 0) is 26.0 Å². The maximum absolute atomic E-state index is 12.4. The molecule has 0 aliphatic carbocycles. The molecule has 0 N–H and O–H groups in total. The molecule has 5 nitrogen and oxygen atoms in total. The van der Waals surface area contributed by atoms with Crippen LogP contribution in [0.2, 0.25) is 0 Å². The Morgan fingerprint density at radius 2 is 2.17 bits per heavy atom. The predicted molar refractivity (Wildman–Crippen MR) is 66.8 cm³/mol. The van der Waals surface area contributed by atoms with Crippen LogP contribution in [0.5, 0.6) is 5.75 Å². The molecule has 0 atom stereocenters. The van der Waals surface area contributed by atoms with Crippen molar-refractivity contribution in [2.24, 2.45) is 0 Å². The maximum atomic E-state index is 12.4. The quantitative estimate of drug-likeness (QED) is 0.774. The summed E-state index contributed by atoms with van der Waals surface area (Å²) in [6.07, 6.45) is 3.14. The number of nitrogens with zero attached hydrogens (tertiary/aromatic N) is 3. The molecule has 0 fully saturated rings. The van der Waals surface area contributed by atoms with Crippen LogP contribution >= 0.6 is 0 Å². The summed E-state index contributed by atoms with van der Waals surface area (Å²) in [6, 6.07) is 5.31. The molecule has 0 amide bonds. The van der Waals surface area contributed by atoms with Crippen LogP contribution < -0.4 is 4.74 Å². The second-order valence-corrected chi connectivity index (χ2v) is 4.14. The zero-order valence-corrected chi connectivity index (χ0v) is 10.6. The first-order valence-corrected chi connectivity index (χ1v) is 5.72. The van der Waals surface area contributed by atoms with E-state index in [1.54, 1.807) is 35.3 Å². The van der Waals surface area contributed by atoms with Crippen LogP contribution in [0.4, 0.5) is 0 Å². The van der Waals surface area contributed by atoms with Crippen molar-refractivity contribution >= 4 is 5.78 Å². The van der Waals surface area contributed by atoms with Gasteiger partial charge >= 0.3 is 0 Å². The molecule has 0 radical (unpaired) electrons. The molecule has 0 spiro atoms. The van der Waals surface area contributed by atoms with Gasteiger partial charge in [0, 0.05) is 12.2 Å². The third-order valence-electron chi connectivity index (χ3n) is 2.58. The molecule has 2 aromatic heterocycles. The third-order valence-corrected chi connectivity index (χ3v) is 2.58. The normalized spacial score (nSPS) is 10.7. The lowest BCUT2D eigenvalue weighted by molar-refractivity contribution is 0.101. The Morgan fingerprint density at radius 1 is 1.39 bits per heavy atom. The van der Waals surface area contributed by atoms with Crippen molar-refractivity contribution in [2.45, 2.75) is 19.9 Å². The van der Waals surface area contributed by atoms with Gasteiger partial charge in [-0.15, -0.1) is 0 Å². The maximum Gasteiger partial charge on any atom is 0.233 e. The Hall–Kier alpha value is -2.17. The Labute approximate surface area is 105 Å². The van der Waals surface area contributed by atoms with Crippen LogP contribution in [0.1, 0.15) is 36.1 Å². The summed E-state index contributed by atoms with van der Waals surface area (Å²) in [4.78, 5) is 16.5. The highest BCUT2D eigenvalue weighted by Crippen LogP contribution is 2.23. The molecule has 2 heterocycles. The SMILES string of the molecule is COc1cnn(C(C)C)c1C(=O)c1ccccn1. The molecule has 94 valence electrons. The molecule has 0 unspecified atom stereocenters. The predicted octanol–water partition coefficient (Wildman–Crippen LogP) is 2.10. The van der Waals surface area contributed by atoms with Gasteiger partial charge in [-0.1, -0.05) is 6.07 Å². The molecule has 0 saturated carbocycles. The van der Waals surface area contributed by atoms with Gasteiger partial charge in [-0.25, -0.2) is 0 Å². The van der Waals surface area contributed by atoms with E-state index in [-0.39, 0.29) is 11.8 Å². The first kappa shape index (κ1) is 12.3. The van der Waals surface area contributed by atoms with Gasteiger partial charge in [0.25, 0.3) is 0 Å². The summed E-state index contributed by atoms with van der Waals surface area (Å²) in [5, 5.41) is 4.18. The van der Waals surface area contributed by atoms with Crippen LogP contribution in [0.3, 0.4) is 0 Å². The van der Waals surface area contributed by atoms with E-state index in [4.69, 9.17) is 4.74 Å². The molecular formula is C13H15N3O2. The number of aromatic nitrogens is 3. The van der Waals surface area contributed by atoms with Gasteiger partial charge < -0.3 is 4.74 Å². The van der Waals surface area contributed by atoms with Crippen molar-refractivity contribution in [3.8, 4) is 5.75 Å². The molecule has 18 heavy (non-hydrogen) atoms. The van der Waals surface area contributed by atoms with Crippen molar-refractivity contribution in [3.05, 3.63) is 42.0 Å². The number of methoxy groups -OCH3 is 1. The Morgan fingerprint density at radius 3 is 2.72 bits per heavy atom. The number of rotatable bonds is 4. The topological polar surface area (TPSA) is 57.0 Å². The summed E-state index contributed by atoms with van der Waals surface area (Å²) in [6.45, 7) is 3.92. The van der Waals surface area contributed by atoms with Crippen molar-refractivity contribution < 1.29 is 9.53 Å². The fourth-order valence-corrected chi connectivity index (χ4v) is 1.72. The zero-order chi connectivity index (χ0) is 13.1. The number of ketones is 1. The molecule has 2 rings (SSSR count). The minimum atomic E-state index is -0.182. The number of hydrogen-bond donors (Lipinski definition) is 0. The highest BCUT2D eigenvalue weighted by atomic mass is 16.5. The van der Waals surface area contributed by atoms with Crippen LogP contribution in [-0.2, 0) is 0 Å². The van der Waals surface area contributed by atoms with Crippen molar-refractivity contribution in [1.82, 2.24) is 14.8 Å². The number of ether oxygens (including phenoxy) is 1. The van der Waals surface area contributed by atoms with Crippen LogP contribution in [0.25, 0.3) is 0 Å². The van der Waals surface area contributed by atoms with Crippen molar-refractivity contribution in [1.29, 1.82) is 0 Å². The van der Waals surface area contributed by atoms with Gasteiger partial charge in [-0.2, -0.15) is 5.10 Å². The first-order chi connectivity index (χ1) is 8.65. The van der Waals surface area contributed by atoms with Gasteiger partial charge in [0.15, 0.2) is 11.4 Å². The fourth-order valence-electron chi connectivity index (χ4n) is 1.72.